The van der Waals surface area contributed by atoms with Gasteiger partial charge in [0.05, 0.1) is 20.3 Å². The maximum Gasteiger partial charge on any atom is 0.124 e. The SMILES string of the molecule is C#CCCC(O)c1cc(OC)ccc1OC. The smallest absolute Gasteiger partial charge is 0.124 e. The molecule has 1 aromatic rings. The Morgan fingerprint density at radius 2 is 2.12 bits per heavy atom. The molecule has 0 radical (unpaired) electrons. The highest BCUT2D eigenvalue weighted by Crippen LogP contribution is 2.31. The number of hydrogen-bond acceptors (Lipinski definition) is 3. The molecule has 0 aromatic heterocycles. The van der Waals surface area contributed by atoms with Crippen LogP contribution in [0.4, 0.5) is 0 Å². The lowest BCUT2D eigenvalue weighted by Gasteiger charge is -2.14. The van der Waals surface area contributed by atoms with Gasteiger partial charge in [0.25, 0.3) is 0 Å². The van der Waals surface area contributed by atoms with E-state index in [2.05, 4.69) is 5.92 Å². The van der Waals surface area contributed by atoms with Crippen molar-refractivity contribution in [3.8, 4) is 23.8 Å². The minimum absolute atomic E-state index is 0.514. The normalized spacial score (nSPS) is 11.6. The lowest BCUT2D eigenvalue weighted by molar-refractivity contribution is 0.165. The molecule has 86 valence electrons. The fourth-order valence-electron chi connectivity index (χ4n) is 1.48. The first-order chi connectivity index (χ1) is 7.72. The number of methoxy groups -OCH3 is 2. The Labute approximate surface area is 96.0 Å². The van der Waals surface area contributed by atoms with Gasteiger partial charge in [-0.05, 0) is 24.6 Å². The van der Waals surface area contributed by atoms with Crippen LogP contribution in [-0.4, -0.2) is 19.3 Å². The standard InChI is InChI=1S/C13H16O3/c1-4-5-6-12(14)11-9-10(15-2)7-8-13(11)16-3/h1,7-9,12,14H,5-6H2,2-3H3. The summed E-state index contributed by atoms with van der Waals surface area (Å²) in [6.07, 6.45) is 5.58. The van der Waals surface area contributed by atoms with Gasteiger partial charge >= 0.3 is 0 Å². The zero-order chi connectivity index (χ0) is 12.0. The summed E-state index contributed by atoms with van der Waals surface area (Å²) >= 11 is 0. The Morgan fingerprint density at radius 3 is 2.69 bits per heavy atom. The average Bonchev–Trinajstić information content (AvgIpc) is 2.35. The van der Waals surface area contributed by atoms with E-state index in [1.807, 2.05) is 0 Å². The van der Waals surface area contributed by atoms with Gasteiger partial charge in [-0.15, -0.1) is 12.3 Å². The summed E-state index contributed by atoms with van der Waals surface area (Å²) in [5.41, 5.74) is 0.706. The molecule has 1 atom stereocenters. The first kappa shape index (κ1) is 12.4. The summed E-state index contributed by atoms with van der Waals surface area (Å²) in [4.78, 5) is 0. The van der Waals surface area contributed by atoms with Crippen molar-refractivity contribution in [1.82, 2.24) is 0 Å². The number of terminal acetylenes is 1. The van der Waals surface area contributed by atoms with Gasteiger partial charge < -0.3 is 14.6 Å². The van der Waals surface area contributed by atoms with Crippen molar-refractivity contribution in [3.63, 3.8) is 0 Å². The molecule has 0 bridgehead atoms. The van der Waals surface area contributed by atoms with Crippen molar-refractivity contribution in [2.24, 2.45) is 0 Å². The number of benzene rings is 1. The second-order valence-electron chi connectivity index (χ2n) is 3.37. The Kier molecular flexibility index (Phi) is 4.68. The van der Waals surface area contributed by atoms with E-state index in [9.17, 15) is 5.11 Å². The number of ether oxygens (including phenoxy) is 2. The summed E-state index contributed by atoms with van der Waals surface area (Å²) in [5.74, 6) is 3.84. The van der Waals surface area contributed by atoms with Gasteiger partial charge in [-0.3, -0.25) is 0 Å². The van der Waals surface area contributed by atoms with Gasteiger partial charge in [-0.1, -0.05) is 0 Å². The molecule has 0 fully saturated rings. The van der Waals surface area contributed by atoms with E-state index in [1.165, 1.54) is 0 Å². The molecule has 0 amide bonds. The van der Waals surface area contributed by atoms with E-state index in [4.69, 9.17) is 15.9 Å². The first-order valence-corrected chi connectivity index (χ1v) is 5.06. The molecule has 3 heteroatoms. The Morgan fingerprint density at radius 1 is 1.38 bits per heavy atom. The molecule has 16 heavy (non-hydrogen) atoms. The van der Waals surface area contributed by atoms with Gasteiger partial charge in [-0.2, -0.15) is 0 Å². The van der Waals surface area contributed by atoms with E-state index in [1.54, 1.807) is 32.4 Å². The highest BCUT2D eigenvalue weighted by atomic mass is 16.5. The summed E-state index contributed by atoms with van der Waals surface area (Å²) in [7, 11) is 3.15. The Bertz CT molecular complexity index is 379. The zero-order valence-electron chi connectivity index (χ0n) is 9.56. The van der Waals surface area contributed by atoms with Crippen LogP contribution in [0.3, 0.4) is 0 Å². The van der Waals surface area contributed by atoms with Crippen LogP contribution in [0.5, 0.6) is 11.5 Å². The second-order valence-corrected chi connectivity index (χ2v) is 3.37. The summed E-state index contributed by atoms with van der Waals surface area (Å²) < 4.78 is 10.3. The number of aliphatic hydroxyl groups excluding tert-OH is 1. The quantitative estimate of drug-likeness (QED) is 0.773. The monoisotopic (exact) mass is 220 g/mol. The van der Waals surface area contributed by atoms with E-state index in [-0.39, 0.29) is 0 Å². The molecule has 0 heterocycles. The molecule has 0 aliphatic heterocycles. The van der Waals surface area contributed by atoms with E-state index in [0.717, 1.165) is 0 Å². The van der Waals surface area contributed by atoms with E-state index < -0.39 is 6.10 Å². The molecule has 0 aliphatic rings. The van der Waals surface area contributed by atoms with Gasteiger partial charge in [0.2, 0.25) is 0 Å². The fourth-order valence-corrected chi connectivity index (χ4v) is 1.48. The number of hydrogen-bond donors (Lipinski definition) is 1. The maximum absolute atomic E-state index is 9.95. The first-order valence-electron chi connectivity index (χ1n) is 5.06. The van der Waals surface area contributed by atoms with Gasteiger partial charge in [0.1, 0.15) is 11.5 Å². The van der Waals surface area contributed by atoms with Gasteiger partial charge in [-0.25, -0.2) is 0 Å². The van der Waals surface area contributed by atoms with E-state index in [0.29, 0.717) is 29.9 Å². The van der Waals surface area contributed by atoms with Crippen molar-refractivity contribution >= 4 is 0 Å². The van der Waals surface area contributed by atoms with Crippen LogP contribution in [0.15, 0.2) is 18.2 Å². The molecule has 1 rings (SSSR count). The fraction of sp³-hybridized carbons (Fsp3) is 0.385. The highest BCUT2D eigenvalue weighted by Gasteiger charge is 2.13. The molecule has 1 N–H and O–H groups in total. The third-order valence-electron chi connectivity index (χ3n) is 2.36. The Hall–Kier alpha value is -1.66. The number of rotatable bonds is 5. The summed E-state index contributed by atoms with van der Waals surface area (Å²) in [6.45, 7) is 0. The van der Waals surface area contributed by atoms with Crippen LogP contribution in [0.2, 0.25) is 0 Å². The van der Waals surface area contributed by atoms with Crippen molar-refractivity contribution in [3.05, 3.63) is 23.8 Å². The third kappa shape index (κ3) is 2.91. The van der Waals surface area contributed by atoms with E-state index >= 15 is 0 Å². The maximum atomic E-state index is 9.95. The average molecular weight is 220 g/mol. The molecule has 0 saturated carbocycles. The lowest BCUT2D eigenvalue weighted by atomic mass is 10.0. The molecule has 0 aliphatic carbocycles. The number of aliphatic hydroxyl groups is 1. The van der Waals surface area contributed by atoms with Crippen LogP contribution >= 0.6 is 0 Å². The largest absolute Gasteiger partial charge is 0.497 e. The van der Waals surface area contributed by atoms with Crippen LogP contribution in [0.1, 0.15) is 24.5 Å². The zero-order valence-corrected chi connectivity index (χ0v) is 9.56. The predicted molar refractivity (Wildman–Crippen MR) is 62.6 cm³/mol. The molecule has 1 unspecified atom stereocenters. The molecule has 0 spiro atoms. The molecular formula is C13H16O3. The summed E-state index contributed by atoms with van der Waals surface area (Å²) in [5, 5.41) is 9.95. The van der Waals surface area contributed by atoms with Crippen LogP contribution in [0, 0.1) is 12.3 Å². The van der Waals surface area contributed by atoms with Crippen LogP contribution < -0.4 is 9.47 Å². The molecule has 1 aromatic carbocycles. The highest BCUT2D eigenvalue weighted by molar-refractivity contribution is 5.41. The van der Waals surface area contributed by atoms with Crippen molar-refractivity contribution in [2.75, 3.05) is 14.2 Å². The Balaban J connectivity index is 2.94. The summed E-state index contributed by atoms with van der Waals surface area (Å²) in [6, 6.07) is 5.32. The van der Waals surface area contributed by atoms with Crippen molar-refractivity contribution in [1.29, 1.82) is 0 Å². The second kappa shape index (κ2) is 6.04. The van der Waals surface area contributed by atoms with Crippen molar-refractivity contribution < 1.29 is 14.6 Å². The molecule has 3 nitrogen and oxygen atoms in total. The van der Waals surface area contributed by atoms with Gasteiger partial charge in [0.15, 0.2) is 0 Å². The lowest BCUT2D eigenvalue weighted by Crippen LogP contribution is -2.01. The minimum atomic E-state index is -0.624. The van der Waals surface area contributed by atoms with Crippen LogP contribution in [0.25, 0.3) is 0 Å². The topological polar surface area (TPSA) is 38.7 Å². The third-order valence-corrected chi connectivity index (χ3v) is 2.36. The minimum Gasteiger partial charge on any atom is -0.497 e. The predicted octanol–water partition coefficient (Wildman–Crippen LogP) is 2.15. The molecule has 0 saturated heterocycles. The van der Waals surface area contributed by atoms with Crippen LogP contribution in [-0.2, 0) is 0 Å². The van der Waals surface area contributed by atoms with Gasteiger partial charge in [0, 0.05) is 12.0 Å². The molecular weight excluding hydrogens is 204 g/mol. The van der Waals surface area contributed by atoms with Crippen molar-refractivity contribution in [2.45, 2.75) is 18.9 Å².